The number of phenolic OH excluding ortho intramolecular Hbond substituents is 1. The number of halogens is 6. The second-order valence-electron chi connectivity index (χ2n) is 3.22. The van der Waals surface area contributed by atoms with E-state index in [0.717, 1.165) is 0 Å². The van der Waals surface area contributed by atoms with Gasteiger partial charge in [0.25, 0.3) is 0 Å². The van der Waals surface area contributed by atoms with Crippen molar-refractivity contribution in [2.75, 3.05) is 0 Å². The molecule has 0 heterocycles. The molecule has 0 aliphatic heterocycles. The molecule has 0 bridgehead atoms. The van der Waals surface area contributed by atoms with Crippen LogP contribution in [0.1, 0.15) is 21.5 Å². The van der Waals surface area contributed by atoms with Crippen LogP contribution in [0.5, 0.6) is 5.75 Å². The van der Waals surface area contributed by atoms with Crippen molar-refractivity contribution in [1.82, 2.24) is 0 Å². The first kappa shape index (κ1) is 14.1. The first-order valence-corrected chi connectivity index (χ1v) is 4.19. The minimum absolute atomic E-state index is 0.112. The lowest BCUT2D eigenvalue weighted by atomic mass is 10.0. The zero-order chi connectivity index (χ0) is 14.3. The maximum absolute atomic E-state index is 12.4. The van der Waals surface area contributed by atoms with Crippen LogP contribution in [0.15, 0.2) is 12.1 Å². The van der Waals surface area contributed by atoms with E-state index < -0.39 is 40.8 Å². The summed E-state index contributed by atoms with van der Waals surface area (Å²) in [5.41, 5.74) is -5.64. The van der Waals surface area contributed by atoms with E-state index in [4.69, 9.17) is 10.2 Å². The molecule has 1 aromatic rings. The highest BCUT2D eigenvalue weighted by Gasteiger charge is 2.45. The fourth-order valence-corrected chi connectivity index (χ4v) is 1.27. The first-order chi connectivity index (χ1) is 7.94. The number of benzene rings is 1. The molecule has 0 fully saturated rings. The Morgan fingerprint density at radius 2 is 1.50 bits per heavy atom. The lowest BCUT2D eigenvalue weighted by molar-refractivity contribution is -0.163. The molecule has 0 saturated heterocycles. The largest absolute Gasteiger partial charge is 0.507 e. The molecule has 0 aliphatic rings. The SMILES string of the molecule is O=C(O)c1cc(O)c(C(F)(F)F)c(C(F)(F)F)c1. The molecule has 0 spiro atoms. The van der Waals surface area contributed by atoms with Gasteiger partial charge in [-0.15, -0.1) is 0 Å². The molecular weight excluding hydrogens is 270 g/mol. The number of phenols is 1. The molecular formula is C9H4F6O3. The molecule has 0 aliphatic carbocycles. The minimum atomic E-state index is -5.45. The molecule has 3 nitrogen and oxygen atoms in total. The number of carbonyl (C=O) groups is 1. The fourth-order valence-electron chi connectivity index (χ4n) is 1.27. The zero-order valence-corrected chi connectivity index (χ0v) is 8.23. The highest BCUT2D eigenvalue weighted by Crippen LogP contribution is 2.45. The predicted octanol–water partition coefficient (Wildman–Crippen LogP) is 3.13. The van der Waals surface area contributed by atoms with E-state index in [1.54, 1.807) is 0 Å². The highest BCUT2D eigenvalue weighted by molar-refractivity contribution is 5.88. The number of alkyl halides is 6. The van der Waals surface area contributed by atoms with Crippen LogP contribution in [0, 0.1) is 0 Å². The fraction of sp³-hybridized carbons (Fsp3) is 0.222. The summed E-state index contributed by atoms with van der Waals surface area (Å²) in [5, 5.41) is 17.4. The van der Waals surface area contributed by atoms with E-state index in [-0.39, 0.29) is 12.1 Å². The van der Waals surface area contributed by atoms with Crippen molar-refractivity contribution in [1.29, 1.82) is 0 Å². The van der Waals surface area contributed by atoms with Gasteiger partial charge in [-0.25, -0.2) is 4.79 Å². The van der Waals surface area contributed by atoms with Crippen molar-refractivity contribution in [3.05, 3.63) is 28.8 Å². The Hall–Kier alpha value is -1.93. The smallest absolute Gasteiger partial charge is 0.420 e. The van der Waals surface area contributed by atoms with Gasteiger partial charge in [-0.1, -0.05) is 0 Å². The van der Waals surface area contributed by atoms with Crippen LogP contribution in [0.4, 0.5) is 26.3 Å². The van der Waals surface area contributed by atoms with Gasteiger partial charge >= 0.3 is 18.3 Å². The molecule has 0 amide bonds. The number of rotatable bonds is 1. The van der Waals surface area contributed by atoms with E-state index in [2.05, 4.69) is 0 Å². The van der Waals surface area contributed by atoms with Crippen LogP contribution >= 0.6 is 0 Å². The number of carboxylic acids is 1. The molecule has 18 heavy (non-hydrogen) atoms. The van der Waals surface area contributed by atoms with E-state index >= 15 is 0 Å². The topological polar surface area (TPSA) is 57.5 Å². The quantitative estimate of drug-likeness (QED) is 0.773. The van der Waals surface area contributed by atoms with Crippen molar-refractivity contribution < 1.29 is 41.4 Å². The van der Waals surface area contributed by atoms with Gasteiger partial charge in [0, 0.05) is 0 Å². The van der Waals surface area contributed by atoms with Crippen LogP contribution in [0.25, 0.3) is 0 Å². The van der Waals surface area contributed by atoms with Gasteiger partial charge < -0.3 is 10.2 Å². The van der Waals surface area contributed by atoms with E-state index in [9.17, 15) is 31.1 Å². The summed E-state index contributed by atoms with van der Waals surface area (Å²) >= 11 is 0. The van der Waals surface area contributed by atoms with Gasteiger partial charge in [0.2, 0.25) is 0 Å². The number of hydrogen-bond donors (Lipinski definition) is 2. The summed E-state index contributed by atoms with van der Waals surface area (Å²) < 4.78 is 74.3. The maximum atomic E-state index is 12.4. The highest BCUT2D eigenvalue weighted by atomic mass is 19.4. The Morgan fingerprint density at radius 1 is 1.00 bits per heavy atom. The zero-order valence-electron chi connectivity index (χ0n) is 8.23. The standard InChI is InChI=1S/C9H4F6O3/c10-8(11,12)4-1-3(7(17)18)2-5(16)6(4)9(13,14)15/h1-2,16H,(H,17,18). The van der Waals surface area contributed by atoms with Gasteiger partial charge in [0.05, 0.1) is 11.1 Å². The third-order valence-corrected chi connectivity index (χ3v) is 1.95. The third kappa shape index (κ3) is 2.66. The second-order valence-corrected chi connectivity index (χ2v) is 3.22. The van der Waals surface area contributed by atoms with Gasteiger partial charge in [-0.3, -0.25) is 0 Å². The van der Waals surface area contributed by atoms with Crippen molar-refractivity contribution in [3.63, 3.8) is 0 Å². The molecule has 0 saturated carbocycles. The van der Waals surface area contributed by atoms with Gasteiger partial charge in [-0.2, -0.15) is 26.3 Å². The number of aromatic hydroxyl groups is 1. The molecule has 2 N–H and O–H groups in total. The van der Waals surface area contributed by atoms with Crippen molar-refractivity contribution in [2.24, 2.45) is 0 Å². The van der Waals surface area contributed by atoms with Crippen molar-refractivity contribution >= 4 is 5.97 Å². The maximum Gasteiger partial charge on any atom is 0.420 e. The normalized spacial score (nSPS) is 12.6. The van der Waals surface area contributed by atoms with Gasteiger partial charge in [0.15, 0.2) is 0 Å². The van der Waals surface area contributed by atoms with Crippen molar-refractivity contribution in [3.8, 4) is 5.75 Å². The molecule has 100 valence electrons. The van der Waals surface area contributed by atoms with Crippen LogP contribution < -0.4 is 0 Å². The molecule has 1 aromatic carbocycles. The van der Waals surface area contributed by atoms with E-state index in [1.807, 2.05) is 0 Å². The third-order valence-electron chi connectivity index (χ3n) is 1.95. The predicted molar refractivity (Wildman–Crippen MR) is 45.1 cm³/mol. The van der Waals surface area contributed by atoms with E-state index in [0.29, 0.717) is 0 Å². The summed E-state index contributed by atoms with van der Waals surface area (Å²) in [6.07, 6.45) is -10.9. The molecule has 9 heteroatoms. The first-order valence-electron chi connectivity index (χ1n) is 4.19. The Kier molecular flexibility index (Phi) is 3.20. The summed E-state index contributed by atoms with van der Waals surface area (Å²) in [4.78, 5) is 10.4. The molecule has 0 unspecified atom stereocenters. The summed E-state index contributed by atoms with van der Waals surface area (Å²) in [5.74, 6) is -3.67. The minimum Gasteiger partial charge on any atom is -0.507 e. The Labute approximate surface area is 95.3 Å². The Morgan fingerprint density at radius 3 is 1.83 bits per heavy atom. The lowest BCUT2D eigenvalue weighted by Gasteiger charge is -2.17. The average Bonchev–Trinajstić information content (AvgIpc) is 2.12. The van der Waals surface area contributed by atoms with Gasteiger partial charge in [-0.05, 0) is 12.1 Å². The monoisotopic (exact) mass is 274 g/mol. The Balaban J connectivity index is 3.67. The van der Waals surface area contributed by atoms with Crippen LogP contribution in [-0.4, -0.2) is 16.2 Å². The second kappa shape index (κ2) is 4.07. The number of hydrogen-bond acceptors (Lipinski definition) is 2. The average molecular weight is 274 g/mol. The summed E-state index contributed by atoms with van der Waals surface area (Å²) in [7, 11) is 0. The number of carboxylic acid groups (broad SMARTS) is 1. The van der Waals surface area contributed by atoms with Crippen LogP contribution in [0.3, 0.4) is 0 Å². The van der Waals surface area contributed by atoms with Crippen LogP contribution in [-0.2, 0) is 12.4 Å². The number of aromatic carboxylic acids is 1. The molecule has 1 rings (SSSR count). The van der Waals surface area contributed by atoms with Gasteiger partial charge in [0.1, 0.15) is 11.3 Å². The molecule has 0 atom stereocenters. The summed E-state index contributed by atoms with van der Waals surface area (Å²) in [6, 6.07) is -0.0642. The Bertz CT molecular complexity index is 488. The van der Waals surface area contributed by atoms with Crippen LogP contribution in [0.2, 0.25) is 0 Å². The molecule has 0 aromatic heterocycles. The van der Waals surface area contributed by atoms with Crippen molar-refractivity contribution in [2.45, 2.75) is 12.4 Å². The summed E-state index contributed by atoms with van der Waals surface area (Å²) in [6.45, 7) is 0. The van der Waals surface area contributed by atoms with E-state index in [1.165, 1.54) is 0 Å². The lowest BCUT2D eigenvalue weighted by Crippen LogP contribution is -2.18. The molecule has 0 radical (unpaired) electrons.